The molecule has 1 aromatic carbocycles. The molecule has 1 saturated carbocycles. The highest BCUT2D eigenvalue weighted by atomic mass is 79.9. The van der Waals surface area contributed by atoms with E-state index in [1.807, 2.05) is 20.2 Å². The number of methoxy groups -OCH3 is 1. The highest BCUT2D eigenvalue weighted by Crippen LogP contribution is 2.36. The van der Waals surface area contributed by atoms with Crippen molar-refractivity contribution in [3.8, 4) is 0 Å². The SMILES string of the molecule is CNC(Cc1ccc(F)cc1Br)C1(OC)CCCCC1. The van der Waals surface area contributed by atoms with E-state index in [0.717, 1.165) is 29.3 Å². The number of rotatable bonds is 5. The molecule has 20 heavy (non-hydrogen) atoms. The topological polar surface area (TPSA) is 21.3 Å². The maximum Gasteiger partial charge on any atom is 0.124 e. The van der Waals surface area contributed by atoms with Gasteiger partial charge < -0.3 is 10.1 Å². The average Bonchev–Trinajstić information content (AvgIpc) is 2.47. The van der Waals surface area contributed by atoms with Crippen molar-refractivity contribution in [1.82, 2.24) is 5.32 Å². The number of likely N-dealkylation sites (N-methyl/N-ethyl adjacent to an activating group) is 1. The Morgan fingerprint density at radius 3 is 2.60 bits per heavy atom. The third-order valence-corrected chi connectivity index (χ3v) is 5.27. The summed E-state index contributed by atoms with van der Waals surface area (Å²) in [5, 5.41) is 3.41. The van der Waals surface area contributed by atoms with Crippen molar-refractivity contribution >= 4 is 15.9 Å². The minimum Gasteiger partial charge on any atom is -0.377 e. The van der Waals surface area contributed by atoms with E-state index in [4.69, 9.17) is 4.74 Å². The summed E-state index contributed by atoms with van der Waals surface area (Å²) in [5.74, 6) is -0.208. The van der Waals surface area contributed by atoms with E-state index in [1.165, 1.54) is 31.4 Å². The molecule has 0 saturated heterocycles. The first-order valence-electron chi connectivity index (χ1n) is 7.27. The molecular formula is C16H23BrFNO. The summed E-state index contributed by atoms with van der Waals surface area (Å²) in [7, 11) is 3.80. The van der Waals surface area contributed by atoms with Crippen LogP contribution >= 0.6 is 15.9 Å². The van der Waals surface area contributed by atoms with Crippen LogP contribution in [0.25, 0.3) is 0 Å². The van der Waals surface area contributed by atoms with Crippen molar-refractivity contribution in [2.24, 2.45) is 0 Å². The van der Waals surface area contributed by atoms with E-state index in [9.17, 15) is 4.39 Å². The summed E-state index contributed by atoms with van der Waals surface area (Å²) in [4.78, 5) is 0. The Morgan fingerprint density at radius 2 is 2.05 bits per heavy atom. The number of nitrogens with one attached hydrogen (secondary N) is 1. The Bertz CT molecular complexity index is 446. The van der Waals surface area contributed by atoms with E-state index in [-0.39, 0.29) is 17.5 Å². The largest absolute Gasteiger partial charge is 0.377 e. The Balaban J connectivity index is 2.18. The molecule has 4 heteroatoms. The van der Waals surface area contributed by atoms with Gasteiger partial charge in [-0.05, 0) is 44.0 Å². The first-order valence-corrected chi connectivity index (χ1v) is 8.07. The van der Waals surface area contributed by atoms with Crippen molar-refractivity contribution in [2.45, 2.75) is 50.2 Å². The molecule has 112 valence electrons. The van der Waals surface area contributed by atoms with Crippen LogP contribution in [0.3, 0.4) is 0 Å². The molecule has 1 aliphatic carbocycles. The van der Waals surface area contributed by atoms with Gasteiger partial charge in [-0.2, -0.15) is 0 Å². The second kappa shape index (κ2) is 7.01. The van der Waals surface area contributed by atoms with Crippen molar-refractivity contribution in [2.75, 3.05) is 14.2 Å². The monoisotopic (exact) mass is 343 g/mol. The second-order valence-electron chi connectivity index (χ2n) is 5.61. The van der Waals surface area contributed by atoms with Crippen LogP contribution in [0.1, 0.15) is 37.7 Å². The van der Waals surface area contributed by atoms with E-state index < -0.39 is 0 Å². The maximum atomic E-state index is 13.2. The van der Waals surface area contributed by atoms with E-state index in [0.29, 0.717) is 0 Å². The summed E-state index contributed by atoms with van der Waals surface area (Å²) >= 11 is 3.46. The third-order valence-electron chi connectivity index (χ3n) is 4.53. The summed E-state index contributed by atoms with van der Waals surface area (Å²) in [6, 6.07) is 5.15. The molecule has 0 radical (unpaired) electrons. The van der Waals surface area contributed by atoms with Gasteiger partial charge in [0.25, 0.3) is 0 Å². The first-order chi connectivity index (χ1) is 9.61. The van der Waals surface area contributed by atoms with E-state index in [2.05, 4.69) is 21.2 Å². The standard InChI is InChI=1S/C16H23BrFNO/c1-19-15(16(20-2)8-4-3-5-9-16)10-12-6-7-13(18)11-14(12)17/h6-7,11,15,19H,3-5,8-10H2,1-2H3. The van der Waals surface area contributed by atoms with Crippen molar-refractivity contribution in [3.05, 3.63) is 34.1 Å². The lowest BCUT2D eigenvalue weighted by Crippen LogP contribution is -2.53. The molecule has 1 aliphatic rings. The van der Waals surface area contributed by atoms with Gasteiger partial charge in [0.1, 0.15) is 5.82 Å². The number of hydrogen-bond donors (Lipinski definition) is 1. The predicted octanol–water partition coefficient (Wildman–Crippen LogP) is 4.07. The summed E-state index contributed by atoms with van der Waals surface area (Å²) in [6.45, 7) is 0. The first kappa shape index (κ1) is 15.9. The fraction of sp³-hybridized carbons (Fsp3) is 0.625. The summed E-state index contributed by atoms with van der Waals surface area (Å²) in [6.07, 6.45) is 6.75. The van der Waals surface area contributed by atoms with Crippen LogP contribution in [-0.2, 0) is 11.2 Å². The van der Waals surface area contributed by atoms with Crippen LogP contribution < -0.4 is 5.32 Å². The molecule has 0 heterocycles. The van der Waals surface area contributed by atoms with E-state index >= 15 is 0 Å². The molecule has 1 unspecified atom stereocenters. The average molecular weight is 344 g/mol. The highest BCUT2D eigenvalue weighted by Gasteiger charge is 2.39. The molecule has 0 aromatic heterocycles. The molecular weight excluding hydrogens is 321 g/mol. The molecule has 0 spiro atoms. The smallest absolute Gasteiger partial charge is 0.124 e. The number of hydrogen-bond acceptors (Lipinski definition) is 2. The zero-order valence-electron chi connectivity index (χ0n) is 12.2. The lowest BCUT2D eigenvalue weighted by atomic mass is 9.77. The number of benzene rings is 1. The highest BCUT2D eigenvalue weighted by molar-refractivity contribution is 9.10. The Morgan fingerprint density at radius 1 is 1.35 bits per heavy atom. The van der Waals surface area contributed by atoms with Crippen LogP contribution in [0.15, 0.2) is 22.7 Å². The van der Waals surface area contributed by atoms with Crippen LogP contribution in [0, 0.1) is 5.82 Å². The van der Waals surface area contributed by atoms with Crippen LogP contribution in [0.5, 0.6) is 0 Å². The zero-order chi connectivity index (χ0) is 14.6. The van der Waals surface area contributed by atoms with Crippen molar-refractivity contribution in [3.63, 3.8) is 0 Å². The zero-order valence-corrected chi connectivity index (χ0v) is 13.8. The predicted molar refractivity (Wildman–Crippen MR) is 83.5 cm³/mol. The van der Waals surface area contributed by atoms with Gasteiger partial charge in [0, 0.05) is 17.6 Å². The molecule has 0 aliphatic heterocycles. The van der Waals surface area contributed by atoms with Crippen LogP contribution in [0.4, 0.5) is 4.39 Å². The fourth-order valence-electron chi connectivity index (χ4n) is 3.30. The Labute approximate surface area is 129 Å². The quantitative estimate of drug-likeness (QED) is 0.870. The molecule has 0 amide bonds. The molecule has 1 aromatic rings. The molecule has 2 nitrogen and oxygen atoms in total. The Kier molecular flexibility index (Phi) is 5.58. The summed E-state index contributed by atoms with van der Waals surface area (Å²) in [5.41, 5.74) is 1.02. The minimum atomic E-state index is -0.208. The van der Waals surface area contributed by atoms with Gasteiger partial charge in [0.15, 0.2) is 0 Å². The molecule has 2 rings (SSSR count). The van der Waals surface area contributed by atoms with Crippen molar-refractivity contribution < 1.29 is 9.13 Å². The van der Waals surface area contributed by atoms with E-state index in [1.54, 1.807) is 0 Å². The normalized spacial score (nSPS) is 19.8. The maximum absolute atomic E-state index is 13.2. The lowest BCUT2D eigenvalue weighted by Gasteiger charge is -2.42. The third kappa shape index (κ3) is 3.41. The van der Waals surface area contributed by atoms with Gasteiger partial charge in [-0.1, -0.05) is 41.3 Å². The minimum absolute atomic E-state index is 0.0964. The Hall–Kier alpha value is -0.450. The number of halogens is 2. The molecule has 1 fully saturated rings. The van der Waals surface area contributed by atoms with Gasteiger partial charge in [-0.15, -0.1) is 0 Å². The molecule has 0 bridgehead atoms. The van der Waals surface area contributed by atoms with Gasteiger partial charge in [0.05, 0.1) is 5.60 Å². The lowest BCUT2D eigenvalue weighted by molar-refractivity contribution is -0.0657. The van der Waals surface area contributed by atoms with Gasteiger partial charge in [-0.25, -0.2) is 4.39 Å². The van der Waals surface area contributed by atoms with Gasteiger partial charge >= 0.3 is 0 Å². The second-order valence-corrected chi connectivity index (χ2v) is 6.47. The molecule has 1 atom stereocenters. The van der Waals surface area contributed by atoms with Gasteiger partial charge in [0.2, 0.25) is 0 Å². The molecule has 1 N–H and O–H groups in total. The number of ether oxygens (including phenoxy) is 1. The fourth-order valence-corrected chi connectivity index (χ4v) is 3.82. The van der Waals surface area contributed by atoms with Crippen LogP contribution in [0.2, 0.25) is 0 Å². The van der Waals surface area contributed by atoms with Crippen LogP contribution in [-0.4, -0.2) is 25.8 Å². The summed E-state index contributed by atoms with van der Waals surface area (Å²) < 4.78 is 19.9. The van der Waals surface area contributed by atoms with Gasteiger partial charge in [-0.3, -0.25) is 0 Å². The van der Waals surface area contributed by atoms with Crippen molar-refractivity contribution in [1.29, 1.82) is 0 Å².